The van der Waals surface area contributed by atoms with Crippen LogP contribution in [-0.2, 0) is 15.8 Å². The molecule has 2 amide bonds. The van der Waals surface area contributed by atoms with E-state index in [9.17, 15) is 22.8 Å². The Labute approximate surface area is 138 Å². The van der Waals surface area contributed by atoms with E-state index in [4.69, 9.17) is 5.73 Å². The van der Waals surface area contributed by atoms with Gasteiger partial charge in [-0.3, -0.25) is 9.59 Å². The summed E-state index contributed by atoms with van der Waals surface area (Å²) in [4.78, 5) is 25.1. The molecule has 0 saturated carbocycles. The van der Waals surface area contributed by atoms with Crippen molar-refractivity contribution < 1.29 is 22.8 Å². The number of carbonyl (C=O) groups is 2. The van der Waals surface area contributed by atoms with Crippen LogP contribution in [0.5, 0.6) is 0 Å². The Kier molecular flexibility index (Phi) is 5.31. The molecule has 0 bridgehead atoms. The third-order valence-corrected chi connectivity index (χ3v) is 4.20. The van der Waals surface area contributed by atoms with Crippen molar-refractivity contribution in [2.75, 3.05) is 6.54 Å². The maximum atomic E-state index is 12.7. The Balaban J connectivity index is 2.11. The second-order valence-electron chi connectivity index (χ2n) is 5.97. The third-order valence-electron chi connectivity index (χ3n) is 4.20. The lowest BCUT2D eigenvalue weighted by molar-refractivity contribution is -0.137. The van der Waals surface area contributed by atoms with Crippen molar-refractivity contribution in [3.63, 3.8) is 0 Å². The van der Waals surface area contributed by atoms with Gasteiger partial charge in [0.15, 0.2) is 0 Å². The molecule has 130 valence electrons. The van der Waals surface area contributed by atoms with Crippen LogP contribution >= 0.6 is 0 Å². The van der Waals surface area contributed by atoms with Crippen LogP contribution < -0.4 is 5.73 Å². The van der Waals surface area contributed by atoms with Crippen LogP contribution in [0.1, 0.15) is 30.9 Å². The minimum atomic E-state index is -4.43. The topological polar surface area (TPSA) is 63.4 Å². The van der Waals surface area contributed by atoms with Crippen molar-refractivity contribution in [2.45, 2.75) is 32.0 Å². The molecule has 1 aliphatic heterocycles. The molecule has 4 nitrogen and oxygen atoms in total. The maximum absolute atomic E-state index is 12.7. The van der Waals surface area contributed by atoms with Crippen LogP contribution in [0.15, 0.2) is 30.3 Å². The highest BCUT2D eigenvalue weighted by Crippen LogP contribution is 2.29. The second-order valence-corrected chi connectivity index (χ2v) is 5.97. The SMILES string of the molecule is C[C@@H]1CC[C@H](C(N)=O)CN1C(=O)/C=C/c1cccc(C(F)(F)F)c1. The number of nitrogens with two attached hydrogens (primary N) is 1. The minimum Gasteiger partial charge on any atom is -0.369 e. The number of piperidine rings is 1. The molecule has 2 atom stereocenters. The molecule has 1 saturated heterocycles. The molecule has 2 N–H and O–H groups in total. The Bertz CT molecular complexity index is 655. The number of rotatable bonds is 3. The number of hydrogen-bond acceptors (Lipinski definition) is 2. The van der Waals surface area contributed by atoms with E-state index in [1.807, 2.05) is 6.92 Å². The van der Waals surface area contributed by atoms with E-state index in [1.54, 1.807) is 0 Å². The van der Waals surface area contributed by atoms with E-state index in [-0.39, 0.29) is 30.0 Å². The van der Waals surface area contributed by atoms with Crippen LogP contribution in [0.3, 0.4) is 0 Å². The summed E-state index contributed by atoms with van der Waals surface area (Å²) in [6.45, 7) is 2.11. The molecule has 0 radical (unpaired) electrons. The molecule has 1 aromatic rings. The molecule has 0 aromatic heterocycles. The standard InChI is InChI=1S/C17H19F3N2O2/c1-11-5-7-13(16(21)24)10-22(11)15(23)8-6-12-3-2-4-14(9-12)17(18,19)20/h2-4,6,8-9,11,13H,5,7,10H2,1H3,(H2,21,24)/b8-6+/t11-,13+/m1/s1. The van der Waals surface area contributed by atoms with E-state index in [1.165, 1.54) is 29.2 Å². The average molecular weight is 340 g/mol. The molecule has 0 aliphatic carbocycles. The summed E-state index contributed by atoms with van der Waals surface area (Å²) in [6.07, 6.45) is -0.550. The largest absolute Gasteiger partial charge is 0.416 e. The van der Waals surface area contributed by atoms with Gasteiger partial charge in [-0.1, -0.05) is 12.1 Å². The first-order valence-electron chi connectivity index (χ1n) is 7.63. The zero-order chi connectivity index (χ0) is 17.9. The van der Waals surface area contributed by atoms with Gasteiger partial charge in [0.05, 0.1) is 11.5 Å². The number of primary amides is 1. The molecular formula is C17H19F3N2O2. The first-order valence-corrected chi connectivity index (χ1v) is 7.63. The summed E-state index contributed by atoms with van der Waals surface area (Å²) < 4.78 is 38.1. The van der Waals surface area contributed by atoms with Crippen LogP contribution in [0, 0.1) is 5.92 Å². The van der Waals surface area contributed by atoms with Gasteiger partial charge in [-0.05, 0) is 43.5 Å². The summed E-state index contributed by atoms with van der Waals surface area (Å²) in [5.41, 5.74) is 4.82. The molecule has 0 spiro atoms. The number of amides is 2. The molecule has 24 heavy (non-hydrogen) atoms. The first-order chi connectivity index (χ1) is 11.2. The minimum absolute atomic E-state index is 0.0424. The highest BCUT2D eigenvalue weighted by molar-refractivity contribution is 5.92. The fourth-order valence-corrected chi connectivity index (χ4v) is 2.73. The summed E-state index contributed by atoms with van der Waals surface area (Å²) in [6, 6.07) is 4.70. The van der Waals surface area contributed by atoms with Crippen molar-refractivity contribution in [1.29, 1.82) is 0 Å². The van der Waals surface area contributed by atoms with Gasteiger partial charge in [-0.2, -0.15) is 13.2 Å². The Morgan fingerprint density at radius 3 is 2.62 bits per heavy atom. The number of carbonyl (C=O) groups excluding carboxylic acids is 2. The van der Waals surface area contributed by atoms with Gasteiger partial charge in [0.2, 0.25) is 11.8 Å². The normalized spacial score (nSPS) is 21.9. The molecule has 1 aliphatic rings. The Hall–Kier alpha value is -2.31. The van der Waals surface area contributed by atoms with Crippen molar-refractivity contribution >= 4 is 17.9 Å². The number of hydrogen-bond donors (Lipinski definition) is 1. The van der Waals surface area contributed by atoms with Gasteiger partial charge in [0, 0.05) is 18.7 Å². The van der Waals surface area contributed by atoms with Crippen molar-refractivity contribution in [3.05, 3.63) is 41.5 Å². The van der Waals surface area contributed by atoms with Crippen LogP contribution in [0.4, 0.5) is 13.2 Å². The molecular weight excluding hydrogens is 321 g/mol. The molecule has 1 heterocycles. The van der Waals surface area contributed by atoms with Crippen LogP contribution in [0.25, 0.3) is 6.08 Å². The predicted octanol–water partition coefficient (Wildman–Crippen LogP) is 2.83. The molecule has 1 fully saturated rings. The fourth-order valence-electron chi connectivity index (χ4n) is 2.73. The summed E-state index contributed by atoms with van der Waals surface area (Å²) in [7, 11) is 0. The lowest BCUT2D eigenvalue weighted by Crippen LogP contribution is -2.48. The van der Waals surface area contributed by atoms with Crippen molar-refractivity contribution in [1.82, 2.24) is 4.90 Å². The van der Waals surface area contributed by atoms with E-state index >= 15 is 0 Å². The Morgan fingerprint density at radius 1 is 1.29 bits per heavy atom. The highest BCUT2D eigenvalue weighted by Gasteiger charge is 2.31. The third kappa shape index (κ3) is 4.37. The highest BCUT2D eigenvalue weighted by atomic mass is 19.4. The fraction of sp³-hybridized carbons (Fsp3) is 0.412. The van der Waals surface area contributed by atoms with E-state index in [2.05, 4.69) is 0 Å². The van der Waals surface area contributed by atoms with E-state index in [0.717, 1.165) is 12.1 Å². The zero-order valence-electron chi connectivity index (χ0n) is 13.2. The number of alkyl halides is 3. The number of likely N-dealkylation sites (tertiary alicyclic amines) is 1. The van der Waals surface area contributed by atoms with Gasteiger partial charge in [-0.25, -0.2) is 0 Å². The lowest BCUT2D eigenvalue weighted by Gasteiger charge is -2.36. The van der Waals surface area contributed by atoms with Gasteiger partial charge in [0.1, 0.15) is 0 Å². The van der Waals surface area contributed by atoms with Crippen LogP contribution in [-0.4, -0.2) is 29.3 Å². The predicted molar refractivity (Wildman–Crippen MR) is 83.6 cm³/mol. The van der Waals surface area contributed by atoms with Crippen molar-refractivity contribution in [3.8, 4) is 0 Å². The molecule has 2 rings (SSSR count). The maximum Gasteiger partial charge on any atom is 0.416 e. The van der Waals surface area contributed by atoms with Crippen molar-refractivity contribution in [2.24, 2.45) is 11.7 Å². The first kappa shape index (κ1) is 18.0. The van der Waals surface area contributed by atoms with E-state index < -0.39 is 17.6 Å². The van der Waals surface area contributed by atoms with Crippen LogP contribution in [0.2, 0.25) is 0 Å². The number of benzene rings is 1. The Morgan fingerprint density at radius 2 is 2.00 bits per heavy atom. The summed E-state index contributed by atoms with van der Waals surface area (Å²) in [5.74, 6) is -1.17. The lowest BCUT2D eigenvalue weighted by atomic mass is 9.93. The average Bonchev–Trinajstić information content (AvgIpc) is 2.52. The smallest absolute Gasteiger partial charge is 0.369 e. The second kappa shape index (κ2) is 7.07. The molecule has 0 unspecified atom stereocenters. The summed E-state index contributed by atoms with van der Waals surface area (Å²) >= 11 is 0. The zero-order valence-corrected chi connectivity index (χ0v) is 13.2. The van der Waals surface area contributed by atoms with Gasteiger partial charge in [0.25, 0.3) is 0 Å². The van der Waals surface area contributed by atoms with Gasteiger partial charge in [-0.15, -0.1) is 0 Å². The molecule has 1 aromatic carbocycles. The number of halogens is 3. The van der Waals surface area contributed by atoms with E-state index in [0.29, 0.717) is 12.8 Å². The monoisotopic (exact) mass is 340 g/mol. The number of nitrogens with zero attached hydrogens (tertiary/aromatic N) is 1. The molecule has 7 heteroatoms. The summed E-state index contributed by atoms with van der Waals surface area (Å²) in [5, 5.41) is 0. The quantitative estimate of drug-likeness (QED) is 0.860. The van der Waals surface area contributed by atoms with Gasteiger partial charge < -0.3 is 10.6 Å². The van der Waals surface area contributed by atoms with Gasteiger partial charge >= 0.3 is 6.18 Å².